The van der Waals surface area contributed by atoms with Crippen LogP contribution in [-0.2, 0) is 4.74 Å². The fourth-order valence-corrected chi connectivity index (χ4v) is 0.939. The van der Waals surface area contributed by atoms with Gasteiger partial charge in [0, 0.05) is 11.9 Å². The van der Waals surface area contributed by atoms with Crippen LogP contribution in [0.3, 0.4) is 0 Å². The van der Waals surface area contributed by atoms with E-state index in [1.54, 1.807) is 6.07 Å². The number of carbonyl (C=O) groups excluding carboxylic acids is 1. The van der Waals surface area contributed by atoms with Crippen LogP contribution in [0.25, 0.3) is 0 Å². The molecule has 0 fully saturated rings. The van der Waals surface area contributed by atoms with Gasteiger partial charge >= 0.3 is 5.97 Å². The van der Waals surface area contributed by atoms with Crippen molar-refractivity contribution in [3.63, 3.8) is 0 Å². The Bertz CT molecular complexity index is 295. The summed E-state index contributed by atoms with van der Waals surface area (Å²) in [6.45, 7) is 0.297. The van der Waals surface area contributed by atoms with Crippen molar-refractivity contribution in [3.8, 4) is 5.95 Å². The number of hydrogen-bond donors (Lipinski definition) is 0. The van der Waals surface area contributed by atoms with Crippen molar-refractivity contribution in [2.24, 2.45) is 0 Å². The summed E-state index contributed by atoms with van der Waals surface area (Å²) in [5.41, 5.74) is 0. The second kappa shape index (κ2) is 5.54. The standard InChI is InChI=1S/C9H11ClO4/c1-12-8-4-3-7(14-8)9(11)13-6-2-5-10/h3-4H,2,5-6H2,1H3. The van der Waals surface area contributed by atoms with Crippen molar-refractivity contribution in [1.29, 1.82) is 0 Å². The van der Waals surface area contributed by atoms with Gasteiger partial charge in [-0.3, -0.25) is 0 Å². The largest absolute Gasteiger partial charge is 0.468 e. The second-order valence-corrected chi connectivity index (χ2v) is 2.88. The molecule has 0 saturated heterocycles. The lowest BCUT2D eigenvalue weighted by atomic mass is 10.4. The van der Waals surface area contributed by atoms with Crippen molar-refractivity contribution in [1.82, 2.24) is 0 Å². The molecule has 0 aliphatic heterocycles. The van der Waals surface area contributed by atoms with Crippen molar-refractivity contribution in [3.05, 3.63) is 17.9 Å². The van der Waals surface area contributed by atoms with Crippen molar-refractivity contribution in [2.45, 2.75) is 6.42 Å². The van der Waals surface area contributed by atoms with Crippen LogP contribution in [0.4, 0.5) is 0 Å². The molecule has 0 aliphatic rings. The predicted octanol–water partition coefficient (Wildman–Crippen LogP) is 2.07. The van der Waals surface area contributed by atoms with Gasteiger partial charge in [0.1, 0.15) is 0 Å². The quantitative estimate of drug-likeness (QED) is 0.431. The van der Waals surface area contributed by atoms with Crippen LogP contribution in [0.15, 0.2) is 16.5 Å². The average Bonchev–Trinajstić information content (AvgIpc) is 2.66. The van der Waals surface area contributed by atoms with Crippen LogP contribution in [0.5, 0.6) is 5.95 Å². The zero-order chi connectivity index (χ0) is 10.4. The number of halogens is 1. The summed E-state index contributed by atoms with van der Waals surface area (Å²) in [4.78, 5) is 11.2. The van der Waals surface area contributed by atoms with E-state index in [1.165, 1.54) is 13.2 Å². The van der Waals surface area contributed by atoms with Crippen molar-refractivity contribution >= 4 is 17.6 Å². The minimum Gasteiger partial charge on any atom is -0.468 e. The predicted molar refractivity (Wildman–Crippen MR) is 50.9 cm³/mol. The van der Waals surface area contributed by atoms with Crippen LogP contribution >= 0.6 is 11.6 Å². The number of alkyl halides is 1. The average molecular weight is 219 g/mol. The number of furan rings is 1. The number of carbonyl (C=O) groups is 1. The van der Waals surface area contributed by atoms with Gasteiger partial charge < -0.3 is 13.9 Å². The zero-order valence-corrected chi connectivity index (χ0v) is 8.54. The van der Waals surface area contributed by atoms with Crippen LogP contribution in [-0.4, -0.2) is 25.6 Å². The number of methoxy groups -OCH3 is 1. The van der Waals surface area contributed by atoms with Crippen molar-refractivity contribution < 1.29 is 18.7 Å². The van der Waals surface area contributed by atoms with Gasteiger partial charge in [0.2, 0.25) is 5.76 Å². The van der Waals surface area contributed by atoms with E-state index < -0.39 is 5.97 Å². The van der Waals surface area contributed by atoms with Gasteiger partial charge in [-0.2, -0.15) is 0 Å². The monoisotopic (exact) mass is 218 g/mol. The Kier molecular flexibility index (Phi) is 4.32. The Hall–Kier alpha value is -1.16. The molecule has 1 rings (SSSR count). The molecule has 0 saturated carbocycles. The molecule has 4 nitrogen and oxygen atoms in total. The van der Waals surface area contributed by atoms with Gasteiger partial charge in [-0.25, -0.2) is 4.79 Å². The molecule has 5 heteroatoms. The fraction of sp³-hybridized carbons (Fsp3) is 0.444. The third-order valence-electron chi connectivity index (χ3n) is 1.49. The van der Waals surface area contributed by atoms with Gasteiger partial charge in [0.05, 0.1) is 13.7 Å². The maximum Gasteiger partial charge on any atom is 0.374 e. The third-order valence-corrected chi connectivity index (χ3v) is 1.76. The first kappa shape index (κ1) is 10.9. The molecule has 0 aliphatic carbocycles. The van der Waals surface area contributed by atoms with Crippen molar-refractivity contribution in [2.75, 3.05) is 19.6 Å². The van der Waals surface area contributed by atoms with E-state index in [9.17, 15) is 4.79 Å². The summed E-state index contributed by atoms with van der Waals surface area (Å²) < 4.78 is 14.6. The molecule has 78 valence electrons. The smallest absolute Gasteiger partial charge is 0.374 e. The van der Waals surface area contributed by atoms with Gasteiger partial charge in [-0.1, -0.05) is 0 Å². The van der Waals surface area contributed by atoms with Crippen LogP contribution in [0, 0.1) is 0 Å². The molecule has 1 aromatic heterocycles. The summed E-state index contributed by atoms with van der Waals surface area (Å²) >= 11 is 5.42. The Morgan fingerprint density at radius 1 is 1.57 bits per heavy atom. The van der Waals surface area contributed by atoms with Gasteiger partial charge in [-0.15, -0.1) is 11.6 Å². The zero-order valence-electron chi connectivity index (χ0n) is 7.79. The molecule has 0 atom stereocenters. The molecule has 0 amide bonds. The molecular weight excluding hydrogens is 208 g/mol. The number of rotatable bonds is 5. The van der Waals surface area contributed by atoms with Gasteiger partial charge in [-0.05, 0) is 12.5 Å². The lowest BCUT2D eigenvalue weighted by molar-refractivity contribution is 0.0463. The van der Waals surface area contributed by atoms with E-state index >= 15 is 0 Å². The molecule has 0 unspecified atom stereocenters. The maximum atomic E-state index is 11.2. The first-order valence-corrected chi connectivity index (χ1v) is 4.68. The highest BCUT2D eigenvalue weighted by atomic mass is 35.5. The van der Waals surface area contributed by atoms with E-state index in [0.717, 1.165) is 0 Å². The number of ether oxygens (including phenoxy) is 2. The van der Waals surface area contributed by atoms with E-state index in [4.69, 9.17) is 25.5 Å². The SMILES string of the molecule is COc1ccc(C(=O)OCCCCl)o1. The van der Waals surface area contributed by atoms with Gasteiger partial charge in [0.25, 0.3) is 5.95 Å². The Balaban J connectivity index is 2.44. The summed E-state index contributed by atoms with van der Waals surface area (Å²) in [6.07, 6.45) is 0.630. The number of esters is 1. The summed E-state index contributed by atoms with van der Waals surface area (Å²) in [5.74, 6) is 0.388. The lowest BCUT2D eigenvalue weighted by Gasteiger charge is -1.99. The van der Waals surface area contributed by atoms with Crippen LogP contribution in [0.2, 0.25) is 0 Å². The van der Waals surface area contributed by atoms with Crippen LogP contribution in [0.1, 0.15) is 17.0 Å². The minimum absolute atomic E-state index is 0.136. The molecule has 0 bridgehead atoms. The first-order chi connectivity index (χ1) is 6.77. The topological polar surface area (TPSA) is 48.7 Å². The van der Waals surface area contributed by atoms with E-state index in [2.05, 4.69) is 0 Å². The highest BCUT2D eigenvalue weighted by molar-refractivity contribution is 6.17. The summed E-state index contributed by atoms with van der Waals surface area (Å²) in [5, 5.41) is 0. The summed E-state index contributed by atoms with van der Waals surface area (Å²) in [6, 6.07) is 3.06. The molecule has 0 aromatic carbocycles. The van der Waals surface area contributed by atoms with Crippen LogP contribution < -0.4 is 4.74 Å². The second-order valence-electron chi connectivity index (χ2n) is 2.50. The van der Waals surface area contributed by atoms with E-state index in [-0.39, 0.29) is 11.7 Å². The molecule has 1 aromatic rings. The molecule has 0 spiro atoms. The maximum absolute atomic E-state index is 11.2. The molecule has 1 heterocycles. The summed E-state index contributed by atoms with van der Waals surface area (Å²) in [7, 11) is 1.46. The molecule has 0 N–H and O–H groups in total. The lowest BCUT2D eigenvalue weighted by Crippen LogP contribution is -2.05. The molecular formula is C9H11ClO4. The highest BCUT2D eigenvalue weighted by Crippen LogP contribution is 2.15. The van der Waals surface area contributed by atoms with E-state index in [0.29, 0.717) is 18.9 Å². The first-order valence-electron chi connectivity index (χ1n) is 4.15. The third kappa shape index (κ3) is 2.96. The van der Waals surface area contributed by atoms with E-state index in [1.807, 2.05) is 0 Å². The highest BCUT2D eigenvalue weighted by Gasteiger charge is 2.12. The number of hydrogen-bond acceptors (Lipinski definition) is 4. The molecule has 14 heavy (non-hydrogen) atoms. The van der Waals surface area contributed by atoms with Gasteiger partial charge in [0.15, 0.2) is 0 Å². The minimum atomic E-state index is -0.501. The Morgan fingerprint density at radius 2 is 2.36 bits per heavy atom. The molecule has 0 radical (unpaired) electrons. The Morgan fingerprint density at radius 3 is 2.93 bits per heavy atom. The fourth-order valence-electron chi connectivity index (χ4n) is 0.830. The normalized spacial score (nSPS) is 9.86. The Labute approximate surface area is 86.7 Å².